The summed E-state index contributed by atoms with van der Waals surface area (Å²) in [7, 11) is -1.06. The van der Waals surface area contributed by atoms with Crippen molar-refractivity contribution in [1.29, 1.82) is 0 Å². The number of hydrogen-bond acceptors (Lipinski definition) is 4. The van der Waals surface area contributed by atoms with E-state index in [1.807, 2.05) is 20.8 Å². The molecule has 0 saturated carbocycles. The van der Waals surface area contributed by atoms with Gasteiger partial charge in [-0.15, -0.1) is 0 Å². The highest BCUT2D eigenvalue weighted by atomic mass is 32.2. The molecule has 1 aliphatic rings. The van der Waals surface area contributed by atoms with Crippen molar-refractivity contribution in [2.75, 3.05) is 20.1 Å². The number of amides is 1. The topological polar surface area (TPSA) is 66.9 Å². The second-order valence-electron chi connectivity index (χ2n) is 5.53. The van der Waals surface area contributed by atoms with Gasteiger partial charge in [0.1, 0.15) is 5.60 Å². The lowest BCUT2D eigenvalue weighted by Gasteiger charge is -2.36. The normalized spacial score (nSPS) is 21.4. The number of nitrogens with zero attached hydrogens (tertiary/aromatic N) is 2. The number of thiol groups is 1. The monoisotopic (exact) mass is 278 g/mol. The highest BCUT2D eigenvalue weighted by molar-refractivity contribution is 7.69. The van der Waals surface area contributed by atoms with Gasteiger partial charge in [-0.2, -0.15) is 0 Å². The Morgan fingerprint density at radius 2 is 2.00 bits per heavy atom. The fraction of sp³-hybridized carbons (Fsp3) is 0.909. The first-order valence-corrected chi connectivity index (χ1v) is 7.19. The molecule has 0 radical (unpaired) electrons. The number of likely N-dealkylation sites (tertiary alicyclic amines) is 1. The molecule has 106 valence electrons. The molecule has 1 unspecified atom stereocenters. The summed E-state index contributed by atoms with van der Waals surface area (Å²) in [6, 6.07) is -0.146. The molecule has 0 N–H and O–H groups in total. The second kappa shape index (κ2) is 5.88. The molecule has 1 saturated heterocycles. The Labute approximate surface area is 110 Å². The molecule has 6 nitrogen and oxygen atoms in total. The van der Waals surface area contributed by atoms with Gasteiger partial charge in [0.25, 0.3) is 0 Å². The molecule has 18 heavy (non-hydrogen) atoms. The third kappa shape index (κ3) is 4.45. The minimum atomic E-state index is -2.60. The molecule has 1 atom stereocenters. The summed E-state index contributed by atoms with van der Waals surface area (Å²) in [5.41, 5.74) is -0.528. The largest absolute Gasteiger partial charge is 0.444 e. The minimum Gasteiger partial charge on any atom is -0.444 e. The maximum atomic E-state index is 11.9. The van der Waals surface area contributed by atoms with E-state index < -0.39 is 16.5 Å². The maximum absolute atomic E-state index is 11.9. The van der Waals surface area contributed by atoms with Crippen LogP contribution in [0.15, 0.2) is 0 Å². The van der Waals surface area contributed by atoms with Crippen LogP contribution in [-0.4, -0.2) is 55.5 Å². The molecule has 0 aromatic heterocycles. The zero-order valence-electron chi connectivity index (χ0n) is 11.4. The predicted molar refractivity (Wildman–Crippen MR) is 68.9 cm³/mol. The van der Waals surface area contributed by atoms with Gasteiger partial charge in [-0.25, -0.2) is 17.5 Å². The molecule has 1 heterocycles. The van der Waals surface area contributed by atoms with Crippen LogP contribution in [0, 0.1) is 0 Å². The van der Waals surface area contributed by atoms with E-state index in [1.165, 1.54) is 11.4 Å². The quantitative estimate of drug-likeness (QED) is 0.760. The lowest BCUT2D eigenvalue weighted by atomic mass is 10.1. The van der Waals surface area contributed by atoms with Gasteiger partial charge in [0, 0.05) is 26.2 Å². The summed E-state index contributed by atoms with van der Waals surface area (Å²) >= 11 is 0. The predicted octanol–water partition coefficient (Wildman–Crippen LogP) is 0.844. The summed E-state index contributed by atoms with van der Waals surface area (Å²) in [6.07, 6.45) is 1.19. The van der Waals surface area contributed by atoms with Crippen LogP contribution in [0.5, 0.6) is 0 Å². The van der Waals surface area contributed by atoms with Crippen LogP contribution >= 0.6 is 0 Å². The van der Waals surface area contributed by atoms with E-state index in [2.05, 4.69) is 0 Å². The highest BCUT2D eigenvalue weighted by Gasteiger charge is 2.29. The van der Waals surface area contributed by atoms with E-state index in [0.29, 0.717) is 13.1 Å². The Morgan fingerprint density at radius 1 is 1.39 bits per heavy atom. The minimum absolute atomic E-state index is 0.146. The Kier molecular flexibility index (Phi) is 4.98. The smallest absolute Gasteiger partial charge is 0.410 e. The second-order valence-corrected chi connectivity index (χ2v) is 6.64. The van der Waals surface area contributed by atoms with Crippen molar-refractivity contribution < 1.29 is 17.9 Å². The fourth-order valence-corrected chi connectivity index (χ4v) is 2.34. The van der Waals surface area contributed by atoms with Gasteiger partial charge in [0.05, 0.1) is 0 Å². The molecule has 0 aromatic rings. The zero-order valence-corrected chi connectivity index (χ0v) is 12.3. The SMILES string of the molecule is CN(C1CCCN(C(=O)OC(C)(C)C)C1)[SH](=O)=O. The van der Waals surface area contributed by atoms with E-state index in [9.17, 15) is 13.2 Å². The van der Waals surface area contributed by atoms with Gasteiger partial charge in [-0.3, -0.25) is 0 Å². The van der Waals surface area contributed by atoms with Gasteiger partial charge in [0.15, 0.2) is 0 Å². The molecule has 0 aromatic carbocycles. The first-order valence-electron chi connectivity index (χ1n) is 6.06. The van der Waals surface area contributed by atoms with Crippen molar-refractivity contribution >= 4 is 17.0 Å². The van der Waals surface area contributed by atoms with Crippen molar-refractivity contribution in [3.8, 4) is 0 Å². The van der Waals surface area contributed by atoms with Crippen LogP contribution in [0.25, 0.3) is 0 Å². The standard InChI is InChI=1S/C11H22N2O4S/c1-11(2,3)17-10(14)13-7-5-6-9(8-13)12(4)18(15)16/h9,18H,5-8H2,1-4H3. The van der Waals surface area contributed by atoms with Crippen molar-refractivity contribution in [2.45, 2.75) is 45.3 Å². The molecular weight excluding hydrogens is 256 g/mol. The number of hydrogen-bond donors (Lipinski definition) is 1. The summed E-state index contributed by atoms with van der Waals surface area (Å²) in [4.78, 5) is 13.5. The van der Waals surface area contributed by atoms with Gasteiger partial charge in [-0.1, -0.05) is 0 Å². The Hall–Kier alpha value is -0.820. The average molecular weight is 278 g/mol. The summed E-state index contributed by atoms with van der Waals surface area (Å²) in [5, 5.41) is 0. The number of rotatable bonds is 2. The summed E-state index contributed by atoms with van der Waals surface area (Å²) in [6.45, 7) is 6.45. The third-order valence-electron chi connectivity index (χ3n) is 2.83. The Balaban J connectivity index is 2.61. The average Bonchev–Trinajstić information content (AvgIpc) is 2.25. The van der Waals surface area contributed by atoms with Crippen LogP contribution in [0.4, 0.5) is 4.79 Å². The van der Waals surface area contributed by atoms with Gasteiger partial charge >= 0.3 is 6.09 Å². The highest BCUT2D eigenvalue weighted by Crippen LogP contribution is 2.18. The van der Waals surface area contributed by atoms with E-state index in [4.69, 9.17) is 4.74 Å². The third-order valence-corrected chi connectivity index (χ3v) is 3.68. The molecule has 1 fully saturated rings. The van der Waals surface area contributed by atoms with Crippen LogP contribution in [0.1, 0.15) is 33.6 Å². The molecule has 1 rings (SSSR count). The van der Waals surface area contributed by atoms with Crippen molar-refractivity contribution in [3.63, 3.8) is 0 Å². The van der Waals surface area contributed by atoms with Crippen molar-refractivity contribution in [3.05, 3.63) is 0 Å². The van der Waals surface area contributed by atoms with Crippen LogP contribution < -0.4 is 0 Å². The fourth-order valence-electron chi connectivity index (χ4n) is 1.89. The van der Waals surface area contributed by atoms with Crippen molar-refractivity contribution in [1.82, 2.24) is 9.21 Å². The van der Waals surface area contributed by atoms with E-state index in [0.717, 1.165) is 12.8 Å². The van der Waals surface area contributed by atoms with Crippen molar-refractivity contribution in [2.24, 2.45) is 0 Å². The molecule has 0 aliphatic carbocycles. The van der Waals surface area contributed by atoms with E-state index in [-0.39, 0.29) is 12.1 Å². The lowest BCUT2D eigenvalue weighted by molar-refractivity contribution is 0.0164. The van der Waals surface area contributed by atoms with E-state index in [1.54, 1.807) is 4.90 Å². The first kappa shape index (κ1) is 15.2. The van der Waals surface area contributed by atoms with Crippen LogP contribution in [0.3, 0.4) is 0 Å². The number of carbonyl (C=O) groups is 1. The molecular formula is C11H22N2O4S. The summed E-state index contributed by atoms with van der Waals surface area (Å²) in [5.74, 6) is 0. The molecule has 0 bridgehead atoms. The number of ether oxygens (including phenoxy) is 1. The molecule has 7 heteroatoms. The molecule has 1 amide bonds. The Morgan fingerprint density at radius 3 is 2.50 bits per heavy atom. The Bertz CT molecular complexity index is 368. The zero-order chi connectivity index (χ0) is 13.9. The number of likely N-dealkylation sites (N-methyl/N-ethyl adjacent to an activating group) is 1. The maximum Gasteiger partial charge on any atom is 0.410 e. The van der Waals surface area contributed by atoms with E-state index >= 15 is 0 Å². The molecule has 0 spiro atoms. The number of carbonyl (C=O) groups excluding carboxylic acids is 1. The van der Waals surface area contributed by atoms with Gasteiger partial charge in [-0.05, 0) is 33.6 Å². The molecule has 1 aliphatic heterocycles. The first-order chi connectivity index (χ1) is 8.20. The van der Waals surface area contributed by atoms with Crippen LogP contribution in [-0.2, 0) is 15.6 Å². The summed E-state index contributed by atoms with van der Waals surface area (Å²) < 4.78 is 28.4. The number of piperidine rings is 1. The van der Waals surface area contributed by atoms with Gasteiger partial charge in [0.2, 0.25) is 10.9 Å². The van der Waals surface area contributed by atoms with Gasteiger partial charge < -0.3 is 9.64 Å². The lowest BCUT2D eigenvalue weighted by Crippen LogP contribution is -2.49. The van der Waals surface area contributed by atoms with Crippen LogP contribution in [0.2, 0.25) is 0 Å².